The van der Waals surface area contributed by atoms with E-state index in [0.29, 0.717) is 24.0 Å². The Hall–Kier alpha value is -2.79. The average molecular weight is 378 g/mol. The molecule has 5 heteroatoms. The Bertz CT molecular complexity index is 952. The van der Waals surface area contributed by atoms with Gasteiger partial charge in [0.05, 0.1) is 0 Å². The largest absolute Gasteiger partial charge is 0.294 e. The molecule has 0 bridgehead atoms. The lowest BCUT2D eigenvalue weighted by atomic mass is 9.73. The van der Waals surface area contributed by atoms with Crippen LogP contribution in [0.3, 0.4) is 0 Å². The number of carbonyl (C=O) groups excluding carboxylic acids is 2. The lowest BCUT2D eigenvalue weighted by molar-refractivity contribution is -0.143. The molecule has 2 aliphatic rings. The Balaban J connectivity index is 1.82. The standard InChI is InChI=1S/C23H23FN2O2/c1-25(2)26-20-12-17(15-7-4-3-5-8-15)13-21(27)23(20)19(14-22(26)28)16-9-6-10-18(24)11-16/h3-11,17,19H,12-14H2,1-2H3/t17-,19+/m0/s1. The van der Waals surface area contributed by atoms with E-state index in [0.717, 1.165) is 11.3 Å². The van der Waals surface area contributed by atoms with Gasteiger partial charge in [-0.15, -0.1) is 0 Å². The molecule has 28 heavy (non-hydrogen) atoms. The molecule has 0 saturated carbocycles. The summed E-state index contributed by atoms with van der Waals surface area (Å²) in [5.41, 5.74) is 3.19. The first kappa shape index (κ1) is 18.6. The normalized spacial score (nSPS) is 22.6. The van der Waals surface area contributed by atoms with Crippen LogP contribution in [0.1, 0.15) is 42.2 Å². The average Bonchev–Trinajstić information content (AvgIpc) is 2.67. The van der Waals surface area contributed by atoms with E-state index in [1.165, 1.54) is 12.1 Å². The second-order valence-corrected chi connectivity index (χ2v) is 7.66. The van der Waals surface area contributed by atoms with Gasteiger partial charge in [0.25, 0.3) is 0 Å². The molecule has 1 aliphatic carbocycles. The third kappa shape index (κ3) is 3.27. The maximum Gasteiger partial charge on any atom is 0.242 e. The fraction of sp³-hybridized carbons (Fsp3) is 0.304. The quantitative estimate of drug-likeness (QED) is 0.810. The first-order chi connectivity index (χ1) is 13.5. The Morgan fingerprint density at radius 1 is 0.929 bits per heavy atom. The first-order valence-electron chi connectivity index (χ1n) is 9.52. The topological polar surface area (TPSA) is 40.6 Å². The van der Waals surface area contributed by atoms with Crippen LogP contribution in [-0.2, 0) is 9.59 Å². The molecule has 1 aliphatic heterocycles. The van der Waals surface area contributed by atoms with Gasteiger partial charge in [0.1, 0.15) is 5.82 Å². The molecule has 2 aromatic rings. The minimum absolute atomic E-state index is 0.0361. The SMILES string of the molecule is CN(C)N1C(=O)C[C@H](c2cccc(F)c2)C2=C1C[C@H](c1ccccc1)CC2=O. The summed E-state index contributed by atoms with van der Waals surface area (Å²) in [6, 6.07) is 16.2. The second-order valence-electron chi connectivity index (χ2n) is 7.66. The molecule has 1 heterocycles. The van der Waals surface area contributed by atoms with E-state index in [2.05, 4.69) is 0 Å². The number of benzene rings is 2. The number of ketones is 1. The highest BCUT2D eigenvalue weighted by atomic mass is 19.1. The Kier molecular flexibility index (Phi) is 4.85. The molecular formula is C23H23FN2O2. The monoisotopic (exact) mass is 378 g/mol. The number of Topliss-reactive ketones (excluding diaryl/α,β-unsaturated/α-hetero) is 1. The smallest absolute Gasteiger partial charge is 0.242 e. The van der Waals surface area contributed by atoms with Gasteiger partial charge in [-0.2, -0.15) is 0 Å². The number of hydrogen-bond acceptors (Lipinski definition) is 3. The van der Waals surface area contributed by atoms with Gasteiger partial charge < -0.3 is 0 Å². The number of hydrogen-bond donors (Lipinski definition) is 0. The summed E-state index contributed by atoms with van der Waals surface area (Å²) < 4.78 is 13.8. The van der Waals surface area contributed by atoms with E-state index >= 15 is 0 Å². The van der Waals surface area contributed by atoms with Gasteiger partial charge in [-0.1, -0.05) is 42.5 Å². The number of amides is 1. The zero-order chi connectivity index (χ0) is 19.8. The highest BCUT2D eigenvalue weighted by Gasteiger charge is 2.42. The number of hydrazine groups is 1. The summed E-state index contributed by atoms with van der Waals surface area (Å²) in [6.07, 6.45) is 1.19. The summed E-state index contributed by atoms with van der Waals surface area (Å²) in [5.74, 6) is -0.733. The predicted octanol–water partition coefficient (Wildman–Crippen LogP) is 4.02. The van der Waals surface area contributed by atoms with Crippen molar-refractivity contribution >= 4 is 11.7 Å². The Morgan fingerprint density at radius 3 is 2.32 bits per heavy atom. The van der Waals surface area contributed by atoms with Gasteiger partial charge in [0, 0.05) is 44.1 Å². The zero-order valence-electron chi connectivity index (χ0n) is 16.1. The van der Waals surface area contributed by atoms with Crippen molar-refractivity contribution < 1.29 is 14.0 Å². The van der Waals surface area contributed by atoms with Crippen molar-refractivity contribution in [3.8, 4) is 0 Å². The summed E-state index contributed by atoms with van der Waals surface area (Å²) in [4.78, 5) is 26.2. The van der Waals surface area contributed by atoms with Crippen molar-refractivity contribution in [1.29, 1.82) is 0 Å². The lowest BCUT2D eigenvalue weighted by Crippen LogP contribution is -2.47. The van der Waals surface area contributed by atoms with Crippen LogP contribution in [0.25, 0.3) is 0 Å². The van der Waals surface area contributed by atoms with Crippen molar-refractivity contribution in [2.45, 2.75) is 31.1 Å². The molecule has 2 atom stereocenters. The van der Waals surface area contributed by atoms with Gasteiger partial charge >= 0.3 is 0 Å². The van der Waals surface area contributed by atoms with Crippen LogP contribution in [0.5, 0.6) is 0 Å². The predicted molar refractivity (Wildman–Crippen MR) is 105 cm³/mol. The van der Waals surface area contributed by atoms with E-state index in [1.54, 1.807) is 22.2 Å². The zero-order valence-corrected chi connectivity index (χ0v) is 16.1. The highest BCUT2D eigenvalue weighted by Crippen LogP contribution is 2.45. The van der Waals surface area contributed by atoms with Crippen LogP contribution in [0.2, 0.25) is 0 Å². The van der Waals surface area contributed by atoms with Crippen LogP contribution < -0.4 is 0 Å². The number of halogens is 1. The number of nitrogens with zero attached hydrogens (tertiary/aromatic N) is 2. The van der Waals surface area contributed by atoms with Crippen molar-refractivity contribution in [1.82, 2.24) is 10.0 Å². The molecule has 0 radical (unpaired) electrons. The fourth-order valence-corrected chi connectivity index (χ4v) is 4.45. The number of allylic oxidation sites excluding steroid dienone is 2. The van der Waals surface area contributed by atoms with Gasteiger partial charge in [0.2, 0.25) is 5.91 Å². The van der Waals surface area contributed by atoms with Gasteiger partial charge in [0.15, 0.2) is 5.78 Å². The third-order valence-corrected chi connectivity index (χ3v) is 5.62. The van der Waals surface area contributed by atoms with Crippen LogP contribution >= 0.6 is 0 Å². The van der Waals surface area contributed by atoms with E-state index in [9.17, 15) is 14.0 Å². The maximum absolute atomic E-state index is 13.8. The summed E-state index contributed by atoms with van der Waals surface area (Å²) in [5, 5.41) is 3.36. The van der Waals surface area contributed by atoms with Crippen LogP contribution in [0.15, 0.2) is 65.9 Å². The first-order valence-corrected chi connectivity index (χ1v) is 9.52. The van der Waals surface area contributed by atoms with Crippen molar-refractivity contribution in [2.24, 2.45) is 0 Å². The molecule has 0 spiro atoms. The minimum Gasteiger partial charge on any atom is -0.294 e. The van der Waals surface area contributed by atoms with Crippen molar-refractivity contribution in [2.75, 3.05) is 14.1 Å². The van der Waals surface area contributed by atoms with Crippen LogP contribution in [-0.4, -0.2) is 35.8 Å². The molecule has 0 N–H and O–H groups in total. The molecule has 144 valence electrons. The Morgan fingerprint density at radius 2 is 1.64 bits per heavy atom. The number of rotatable bonds is 3. The molecular weight excluding hydrogens is 355 g/mol. The van der Waals surface area contributed by atoms with E-state index in [-0.39, 0.29) is 29.8 Å². The van der Waals surface area contributed by atoms with E-state index in [4.69, 9.17) is 0 Å². The molecule has 0 unspecified atom stereocenters. The maximum atomic E-state index is 13.8. The molecule has 0 aromatic heterocycles. The van der Waals surface area contributed by atoms with Gasteiger partial charge in [-0.05, 0) is 35.6 Å². The van der Waals surface area contributed by atoms with E-state index < -0.39 is 5.92 Å². The molecule has 1 amide bonds. The molecule has 4 rings (SSSR count). The van der Waals surface area contributed by atoms with Gasteiger partial charge in [-0.25, -0.2) is 14.4 Å². The molecule has 2 aromatic carbocycles. The van der Waals surface area contributed by atoms with Crippen LogP contribution in [0, 0.1) is 5.82 Å². The van der Waals surface area contributed by atoms with Crippen LogP contribution in [0.4, 0.5) is 4.39 Å². The van der Waals surface area contributed by atoms with Gasteiger partial charge in [-0.3, -0.25) is 9.59 Å². The summed E-state index contributed by atoms with van der Waals surface area (Å²) in [7, 11) is 3.61. The fourth-order valence-electron chi connectivity index (χ4n) is 4.45. The molecule has 4 nitrogen and oxygen atoms in total. The van der Waals surface area contributed by atoms with Crippen molar-refractivity contribution in [3.05, 3.63) is 82.8 Å². The Labute approximate surface area is 164 Å². The third-order valence-electron chi connectivity index (χ3n) is 5.62. The molecule has 0 saturated heterocycles. The number of carbonyl (C=O) groups is 2. The van der Waals surface area contributed by atoms with E-state index in [1.807, 2.05) is 44.4 Å². The highest BCUT2D eigenvalue weighted by molar-refractivity contribution is 6.02. The van der Waals surface area contributed by atoms with Crippen molar-refractivity contribution in [3.63, 3.8) is 0 Å². The molecule has 0 fully saturated rings. The second kappa shape index (κ2) is 7.32. The minimum atomic E-state index is -0.390. The summed E-state index contributed by atoms with van der Waals surface area (Å²) >= 11 is 0. The summed E-state index contributed by atoms with van der Waals surface area (Å²) in [6.45, 7) is 0. The lowest BCUT2D eigenvalue weighted by Gasteiger charge is -2.42.